The van der Waals surface area contributed by atoms with E-state index < -0.39 is 17.8 Å². The fraction of sp³-hybridized carbons (Fsp3) is 0.290. The van der Waals surface area contributed by atoms with E-state index in [1.54, 1.807) is 26.0 Å². The minimum atomic E-state index is -4.42. The molecule has 2 N–H and O–H groups in total. The molecule has 0 bridgehead atoms. The Morgan fingerprint density at radius 1 is 0.881 bits per heavy atom. The number of nitrogens with one attached hydrogen (secondary N) is 2. The topological polar surface area (TPSA) is 77.4 Å². The number of hydrogen-bond acceptors (Lipinski definition) is 5. The predicted octanol–water partition coefficient (Wildman–Crippen LogP) is 7.97. The van der Waals surface area contributed by atoms with E-state index in [0.717, 1.165) is 76.4 Å². The molecule has 0 spiro atoms. The van der Waals surface area contributed by atoms with E-state index in [0.29, 0.717) is 12.2 Å². The van der Waals surface area contributed by atoms with Crippen molar-refractivity contribution < 1.29 is 27.4 Å². The van der Waals surface area contributed by atoms with Crippen LogP contribution >= 0.6 is 11.8 Å². The van der Waals surface area contributed by atoms with Crippen LogP contribution in [0.3, 0.4) is 0 Å². The predicted molar refractivity (Wildman–Crippen MR) is 160 cm³/mol. The molecule has 0 aliphatic rings. The monoisotopic (exact) mass is 598 g/mol. The lowest BCUT2D eigenvalue weighted by Gasteiger charge is -2.12. The van der Waals surface area contributed by atoms with Gasteiger partial charge < -0.3 is 24.7 Å². The van der Waals surface area contributed by atoms with Crippen molar-refractivity contribution in [3.63, 3.8) is 0 Å². The summed E-state index contributed by atoms with van der Waals surface area (Å²) in [6, 6.07) is 19.7. The zero-order valence-corrected chi connectivity index (χ0v) is 24.4. The van der Waals surface area contributed by atoms with Gasteiger partial charge in [0.15, 0.2) is 5.16 Å². The van der Waals surface area contributed by atoms with Gasteiger partial charge >= 0.3 is 12.2 Å². The molecule has 7 nitrogen and oxygen atoms in total. The molecule has 1 aromatic heterocycles. The highest BCUT2D eigenvalue weighted by molar-refractivity contribution is 7.99. The zero-order chi connectivity index (χ0) is 30.1. The number of unbranched alkanes of at least 4 members (excludes halogenated alkanes) is 1. The third-order valence-corrected chi connectivity index (χ3v) is 7.60. The first kappa shape index (κ1) is 30.8. The van der Waals surface area contributed by atoms with Crippen LogP contribution in [0, 0.1) is 0 Å². The molecule has 11 heteroatoms. The van der Waals surface area contributed by atoms with Crippen LogP contribution in [0.5, 0.6) is 11.5 Å². The maximum atomic E-state index is 12.7. The first-order chi connectivity index (χ1) is 20.2. The van der Waals surface area contributed by atoms with E-state index in [4.69, 9.17) is 14.5 Å². The number of urea groups is 1. The summed E-state index contributed by atoms with van der Waals surface area (Å²) in [6.07, 6.45) is -2.85. The SMILES string of the molecule is CCn1c(SCCCCNC(=O)Nc2ccc(C(F)(F)F)cc2)nc(-c2ccc(OC)cc2)c1-c1ccc(OC)cc1. The molecule has 0 atom stereocenters. The van der Waals surface area contributed by atoms with Crippen LogP contribution in [0.4, 0.5) is 23.7 Å². The molecule has 4 rings (SSSR count). The number of methoxy groups -OCH3 is 2. The molecule has 3 aromatic carbocycles. The second-order valence-electron chi connectivity index (χ2n) is 9.30. The third-order valence-electron chi connectivity index (χ3n) is 6.53. The molecule has 0 fully saturated rings. The van der Waals surface area contributed by atoms with E-state index in [1.807, 2.05) is 48.5 Å². The van der Waals surface area contributed by atoms with Gasteiger partial charge in [-0.25, -0.2) is 9.78 Å². The Bertz CT molecular complexity index is 1460. The molecule has 0 unspecified atom stereocenters. The van der Waals surface area contributed by atoms with Crippen LogP contribution in [0.2, 0.25) is 0 Å². The Morgan fingerprint density at radius 3 is 2.02 bits per heavy atom. The Morgan fingerprint density at radius 2 is 1.48 bits per heavy atom. The summed E-state index contributed by atoms with van der Waals surface area (Å²) in [4.78, 5) is 17.2. The Labute approximate surface area is 247 Å². The van der Waals surface area contributed by atoms with Gasteiger partial charge in [0.1, 0.15) is 11.5 Å². The van der Waals surface area contributed by atoms with Crippen LogP contribution < -0.4 is 20.1 Å². The third kappa shape index (κ3) is 7.79. The van der Waals surface area contributed by atoms with Crippen LogP contribution in [0.25, 0.3) is 22.5 Å². The van der Waals surface area contributed by atoms with Crippen molar-refractivity contribution in [2.24, 2.45) is 0 Å². The largest absolute Gasteiger partial charge is 0.497 e. The van der Waals surface area contributed by atoms with Crippen molar-refractivity contribution in [2.45, 2.75) is 37.6 Å². The van der Waals surface area contributed by atoms with Crippen molar-refractivity contribution in [1.82, 2.24) is 14.9 Å². The first-order valence-corrected chi connectivity index (χ1v) is 14.5. The van der Waals surface area contributed by atoms with Crippen molar-refractivity contribution in [2.75, 3.05) is 31.8 Å². The molecule has 0 aliphatic heterocycles. The number of halogens is 3. The summed E-state index contributed by atoms with van der Waals surface area (Å²) in [5, 5.41) is 6.21. The minimum Gasteiger partial charge on any atom is -0.497 e. The van der Waals surface area contributed by atoms with Crippen LogP contribution in [0.15, 0.2) is 78.0 Å². The van der Waals surface area contributed by atoms with Crippen molar-refractivity contribution in [3.05, 3.63) is 78.4 Å². The summed E-state index contributed by atoms with van der Waals surface area (Å²) >= 11 is 1.66. The fourth-order valence-electron chi connectivity index (χ4n) is 4.34. The lowest BCUT2D eigenvalue weighted by Crippen LogP contribution is -2.29. The molecule has 1 heterocycles. The number of carbonyl (C=O) groups excluding carboxylic acids is 1. The number of carbonyl (C=O) groups is 1. The van der Waals surface area contributed by atoms with Gasteiger partial charge in [-0.15, -0.1) is 0 Å². The maximum absolute atomic E-state index is 12.7. The summed E-state index contributed by atoms with van der Waals surface area (Å²) in [6.45, 7) is 3.26. The van der Waals surface area contributed by atoms with Gasteiger partial charge in [-0.05, 0) is 92.6 Å². The van der Waals surface area contributed by atoms with Crippen LogP contribution in [-0.2, 0) is 12.7 Å². The molecule has 0 aliphatic carbocycles. The van der Waals surface area contributed by atoms with Crippen molar-refractivity contribution in [3.8, 4) is 34.0 Å². The number of nitrogens with zero attached hydrogens (tertiary/aromatic N) is 2. The summed E-state index contributed by atoms with van der Waals surface area (Å²) in [5.41, 5.74) is 3.46. The van der Waals surface area contributed by atoms with Gasteiger partial charge in [0.05, 0.1) is 31.2 Å². The van der Waals surface area contributed by atoms with E-state index in [9.17, 15) is 18.0 Å². The second-order valence-corrected chi connectivity index (χ2v) is 10.4. The van der Waals surface area contributed by atoms with Crippen molar-refractivity contribution >= 4 is 23.5 Å². The molecule has 222 valence electrons. The maximum Gasteiger partial charge on any atom is 0.416 e. The molecule has 0 radical (unpaired) electrons. The Hall–Kier alpha value is -4.12. The van der Waals surface area contributed by atoms with Gasteiger partial charge in [0.25, 0.3) is 0 Å². The van der Waals surface area contributed by atoms with E-state index in [2.05, 4.69) is 22.1 Å². The minimum absolute atomic E-state index is 0.294. The molecule has 0 saturated carbocycles. The lowest BCUT2D eigenvalue weighted by atomic mass is 10.0. The molecular formula is C31H33F3N4O3S. The van der Waals surface area contributed by atoms with Gasteiger partial charge in [0, 0.05) is 35.7 Å². The smallest absolute Gasteiger partial charge is 0.416 e. The number of rotatable bonds is 12. The number of alkyl halides is 3. The lowest BCUT2D eigenvalue weighted by molar-refractivity contribution is -0.137. The number of hydrogen-bond donors (Lipinski definition) is 2. The molecule has 2 amide bonds. The number of thioether (sulfide) groups is 1. The number of benzene rings is 3. The average Bonchev–Trinajstić information content (AvgIpc) is 3.37. The molecule has 4 aromatic rings. The van der Waals surface area contributed by atoms with Gasteiger partial charge in [-0.2, -0.15) is 13.2 Å². The molecule has 0 saturated heterocycles. The molecule has 42 heavy (non-hydrogen) atoms. The first-order valence-electron chi connectivity index (χ1n) is 13.5. The normalized spacial score (nSPS) is 11.3. The van der Waals surface area contributed by atoms with Gasteiger partial charge in [-0.3, -0.25) is 0 Å². The van der Waals surface area contributed by atoms with Crippen LogP contribution in [0.1, 0.15) is 25.3 Å². The highest BCUT2D eigenvalue weighted by Crippen LogP contribution is 2.37. The highest BCUT2D eigenvalue weighted by Gasteiger charge is 2.30. The van der Waals surface area contributed by atoms with E-state index in [-0.39, 0.29) is 0 Å². The highest BCUT2D eigenvalue weighted by atomic mass is 32.2. The van der Waals surface area contributed by atoms with Crippen molar-refractivity contribution in [1.29, 1.82) is 0 Å². The summed E-state index contributed by atoms with van der Waals surface area (Å²) in [5.74, 6) is 2.35. The number of ether oxygens (including phenoxy) is 2. The van der Waals surface area contributed by atoms with Gasteiger partial charge in [0.2, 0.25) is 0 Å². The quantitative estimate of drug-likeness (QED) is 0.128. The van der Waals surface area contributed by atoms with Gasteiger partial charge in [-0.1, -0.05) is 11.8 Å². The van der Waals surface area contributed by atoms with Crippen LogP contribution in [-0.4, -0.2) is 42.1 Å². The number of aromatic nitrogens is 2. The second kappa shape index (κ2) is 14.2. The number of amides is 2. The Balaban J connectivity index is 1.37. The Kier molecular flexibility index (Phi) is 10.4. The summed E-state index contributed by atoms with van der Waals surface area (Å²) in [7, 11) is 3.28. The number of imidazole rings is 1. The fourth-order valence-corrected chi connectivity index (χ4v) is 5.40. The van der Waals surface area contributed by atoms with E-state index >= 15 is 0 Å². The standard InChI is InChI=1S/C31H33F3N4O3S/c1-4-38-28(22-9-17-26(41-3)18-10-22)27(21-7-15-25(40-2)16-8-21)37-30(38)42-20-6-5-19-35-29(39)36-24-13-11-23(12-14-24)31(32,33)34/h7-18H,4-6,19-20H2,1-3H3,(H2,35,36,39). The van der Waals surface area contributed by atoms with E-state index in [1.165, 1.54) is 12.1 Å². The molecular weight excluding hydrogens is 565 g/mol. The number of anilines is 1. The zero-order valence-electron chi connectivity index (χ0n) is 23.6. The average molecular weight is 599 g/mol. The summed E-state index contributed by atoms with van der Waals surface area (Å²) < 4.78 is 51.0.